The molecule has 0 radical (unpaired) electrons. The van der Waals surface area contributed by atoms with Crippen molar-refractivity contribution >= 4 is 5.97 Å². The van der Waals surface area contributed by atoms with Crippen LogP contribution in [0, 0.1) is 29.1 Å². The molecule has 0 bridgehead atoms. The van der Waals surface area contributed by atoms with E-state index in [4.69, 9.17) is 4.74 Å². The standard InChI is InChI=1S/C22H30F12O4/c1-10(2)9-16(5,11(3)4)15(35)38-14-7-12(17(36,19(23,24)25)20(26,27)28)6-13(8-14)18(37,21(29,30)31)22(32,33)34/h10-14,36-37H,6-9H2,1-5H3. The SMILES string of the molecule is CC(C)CC(C)(C(=O)OC1CC(C(O)(C(F)(F)F)C(F)(F)F)CC(C(O)(C(F)(F)F)C(F)(F)F)C1)C(C)C. The Morgan fingerprint density at radius 3 is 1.26 bits per heavy atom. The number of carbonyl (C=O) groups excluding carboxylic acids is 1. The predicted molar refractivity (Wildman–Crippen MR) is 107 cm³/mol. The molecule has 0 aromatic rings. The van der Waals surface area contributed by atoms with Crippen molar-refractivity contribution in [2.24, 2.45) is 29.1 Å². The number of carbonyl (C=O) groups is 1. The molecule has 0 spiro atoms. The minimum Gasteiger partial charge on any atom is -0.462 e. The second kappa shape index (κ2) is 10.5. The van der Waals surface area contributed by atoms with E-state index in [1.54, 1.807) is 13.8 Å². The molecule has 1 aliphatic rings. The summed E-state index contributed by atoms with van der Waals surface area (Å²) in [5.74, 6) is -8.83. The highest BCUT2D eigenvalue weighted by Crippen LogP contribution is 2.58. The Morgan fingerprint density at radius 1 is 0.711 bits per heavy atom. The van der Waals surface area contributed by atoms with E-state index in [0.717, 1.165) is 0 Å². The first kappa shape index (κ1) is 34.6. The Bertz CT molecular complexity index is 754. The van der Waals surface area contributed by atoms with Gasteiger partial charge in [-0.05, 0) is 44.4 Å². The van der Waals surface area contributed by atoms with Crippen molar-refractivity contribution in [3.63, 3.8) is 0 Å². The second-order valence-electron chi connectivity index (χ2n) is 10.8. The predicted octanol–water partition coefficient (Wildman–Crippen LogP) is 6.73. The van der Waals surface area contributed by atoms with E-state index in [0.29, 0.717) is 0 Å². The highest BCUT2D eigenvalue weighted by atomic mass is 19.4. The fourth-order valence-corrected chi connectivity index (χ4v) is 4.98. The van der Waals surface area contributed by atoms with Crippen LogP contribution in [0.25, 0.3) is 0 Å². The molecule has 3 unspecified atom stereocenters. The van der Waals surface area contributed by atoms with Crippen molar-refractivity contribution in [1.82, 2.24) is 0 Å². The third-order valence-corrected chi connectivity index (χ3v) is 7.42. The fraction of sp³-hybridized carbons (Fsp3) is 0.955. The second-order valence-corrected chi connectivity index (χ2v) is 10.8. The summed E-state index contributed by atoms with van der Waals surface area (Å²) in [6, 6.07) is 0. The Hall–Kier alpha value is -1.45. The fourth-order valence-electron chi connectivity index (χ4n) is 4.98. The van der Waals surface area contributed by atoms with Crippen LogP contribution in [-0.4, -0.2) is 58.2 Å². The molecule has 16 heteroatoms. The summed E-state index contributed by atoms with van der Waals surface area (Å²) < 4.78 is 167. The quantitative estimate of drug-likeness (QED) is 0.257. The molecule has 0 aromatic carbocycles. The number of rotatable bonds is 7. The van der Waals surface area contributed by atoms with Crippen LogP contribution in [0.3, 0.4) is 0 Å². The maximum Gasteiger partial charge on any atom is 0.426 e. The lowest BCUT2D eigenvalue weighted by molar-refractivity contribution is -0.405. The number of ether oxygens (including phenoxy) is 1. The van der Waals surface area contributed by atoms with Gasteiger partial charge in [-0.2, -0.15) is 52.7 Å². The van der Waals surface area contributed by atoms with Gasteiger partial charge in [-0.15, -0.1) is 0 Å². The molecule has 2 N–H and O–H groups in total. The lowest BCUT2D eigenvalue weighted by atomic mass is 9.65. The molecule has 0 aromatic heterocycles. The molecule has 1 saturated carbocycles. The normalized spacial score (nSPS) is 24.5. The smallest absolute Gasteiger partial charge is 0.426 e. The van der Waals surface area contributed by atoms with E-state index in [9.17, 15) is 67.7 Å². The monoisotopic (exact) mass is 586 g/mol. The minimum atomic E-state index is -6.59. The van der Waals surface area contributed by atoms with Gasteiger partial charge in [0, 0.05) is 11.8 Å². The highest BCUT2D eigenvalue weighted by molar-refractivity contribution is 5.77. The molecule has 3 atom stereocenters. The molecular formula is C22H30F12O4. The van der Waals surface area contributed by atoms with Crippen LogP contribution in [-0.2, 0) is 9.53 Å². The molecule has 38 heavy (non-hydrogen) atoms. The van der Waals surface area contributed by atoms with Crippen molar-refractivity contribution < 1.29 is 72.4 Å². The van der Waals surface area contributed by atoms with Crippen LogP contribution in [0.2, 0.25) is 0 Å². The van der Waals surface area contributed by atoms with Gasteiger partial charge in [-0.25, -0.2) is 0 Å². The molecule has 0 amide bonds. The van der Waals surface area contributed by atoms with E-state index < -0.39 is 90.4 Å². The zero-order valence-corrected chi connectivity index (χ0v) is 21.0. The van der Waals surface area contributed by atoms with Crippen molar-refractivity contribution in [2.45, 2.75) is 102 Å². The van der Waals surface area contributed by atoms with Crippen molar-refractivity contribution in [1.29, 1.82) is 0 Å². The highest BCUT2D eigenvalue weighted by Gasteiger charge is 2.78. The number of hydrogen-bond acceptors (Lipinski definition) is 4. The summed E-state index contributed by atoms with van der Waals surface area (Å²) in [7, 11) is 0. The van der Waals surface area contributed by atoms with Crippen LogP contribution < -0.4 is 0 Å². The Balaban J connectivity index is 3.73. The van der Waals surface area contributed by atoms with Crippen molar-refractivity contribution in [3.8, 4) is 0 Å². The van der Waals surface area contributed by atoms with Gasteiger partial charge < -0.3 is 14.9 Å². The van der Waals surface area contributed by atoms with Crippen LogP contribution >= 0.6 is 0 Å². The van der Waals surface area contributed by atoms with E-state index in [-0.39, 0.29) is 12.3 Å². The largest absolute Gasteiger partial charge is 0.462 e. The van der Waals surface area contributed by atoms with Gasteiger partial charge in [-0.3, -0.25) is 4.79 Å². The molecule has 1 aliphatic carbocycles. The molecule has 1 fully saturated rings. The first-order valence-electron chi connectivity index (χ1n) is 11.5. The number of alkyl halides is 12. The lowest BCUT2D eigenvalue weighted by Gasteiger charge is -2.48. The molecule has 0 aliphatic heterocycles. The minimum absolute atomic E-state index is 0.0488. The molecule has 226 valence electrons. The summed E-state index contributed by atoms with van der Waals surface area (Å²) in [5, 5.41) is 19.6. The van der Waals surface area contributed by atoms with Gasteiger partial charge in [0.2, 0.25) is 0 Å². The molecule has 0 heterocycles. The summed E-state index contributed by atoms with van der Waals surface area (Å²) >= 11 is 0. The Labute approximate surface area is 210 Å². The van der Waals surface area contributed by atoms with Crippen LogP contribution in [0.4, 0.5) is 52.7 Å². The first-order chi connectivity index (χ1) is 16.6. The summed E-state index contributed by atoms with van der Waals surface area (Å²) in [6.45, 7) is 7.64. The summed E-state index contributed by atoms with van der Waals surface area (Å²) in [6.07, 6.45) is -34.0. The lowest BCUT2D eigenvalue weighted by Crippen LogP contribution is -2.67. The van der Waals surface area contributed by atoms with Crippen LogP contribution in [0.5, 0.6) is 0 Å². The van der Waals surface area contributed by atoms with E-state index in [1.807, 2.05) is 0 Å². The first-order valence-corrected chi connectivity index (χ1v) is 11.5. The Morgan fingerprint density at radius 2 is 1.03 bits per heavy atom. The van der Waals surface area contributed by atoms with Crippen molar-refractivity contribution in [2.75, 3.05) is 0 Å². The number of hydrogen-bond donors (Lipinski definition) is 2. The van der Waals surface area contributed by atoms with E-state index in [2.05, 4.69) is 0 Å². The average Bonchev–Trinajstić information content (AvgIpc) is 2.67. The summed E-state index contributed by atoms with van der Waals surface area (Å²) in [5.41, 5.74) is -13.0. The van der Waals surface area contributed by atoms with Gasteiger partial charge >= 0.3 is 30.7 Å². The number of aliphatic hydroxyl groups is 2. The van der Waals surface area contributed by atoms with Gasteiger partial charge in [0.1, 0.15) is 6.10 Å². The molecule has 4 nitrogen and oxygen atoms in total. The van der Waals surface area contributed by atoms with Gasteiger partial charge in [0.15, 0.2) is 0 Å². The Kier molecular flexibility index (Phi) is 9.56. The number of esters is 1. The molecular weight excluding hydrogens is 556 g/mol. The van der Waals surface area contributed by atoms with Gasteiger partial charge in [0.05, 0.1) is 5.41 Å². The van der Waals surface area contributed by atoms with Gasteiger partial charge in [0.25, 0.3) is 11.2 Å². The maximum absolute atomic E-state index is 13.5. The zero-order chi connectivity index (χ0) is 30.5. The van der Waals surface area contributed by atoms with Crippen LogP contribution in [0.1, 0.15) is 60.3 Å². The summed E-state index contributed by atoms with van der Waals surface area (Å²) in [4.78, 5) is 13.0. The zero-order valence-electron chi connectivity index (χ0n) is 21.0. The number of halogens is 12. The van der Waals surface area contributed by atoms with Gasteiger partial charge in [-0.1, -0.05) is 27.7 Å². The molecule has 1 rings (SSSR count). The van der Waals surface area contributed by atoms with E-state index >= 15 is 0 Å². The topological polar surface area (TPSA) is 66.8 Å². The van der Waals surface area contributed by atoms with Crippen molar-refractivity contribution in [3.05, 3.63) is 0 Å². The maximum atomic E-state index is 13.5. The third kappa shape index (κ3) is 6.15. The molecule has 0 saturated heterocycles. The average molecular weight is 586 g/mol. The van der Waals surface area contributed by atoms with Crippen LogP contribution in [0.15, 0.2) is 0 Å². The van der Waals surface area contributed by atoms with E-state index in [1.165, 1.54) is 20.8 Å². The third-order valence-electron chi connectivity index (χ3n) is 7.42.